The monoisotopic (exact) mass is 416 g/mol. The van der Waals surface area contributed by atoms with Gasteiger partial charge in [-0.1, -0.05) is 17.8 Å². The molecule has 0 saturated heterocycles. The number of ether oxygens (including phenoxy) is 1. The van der Waals surface area contributed by atoms with Crippen LogP contribution in [0.25, 0.3) is 0 Å². The molecule has 1 atom stereocenters. The average molecular weight is 416 g/mol. The Balaban J connectivity index is 1.58. The summed E-state index contributed by atoms with van der Waals surface area (Å²) in [6.45, 7) is 6.24. The second-order valence-corrected chi connectivity index (χ2v) is 7.08. The number of rotatable bonds is 10. The Morgan fingerprint density at radius 1 is 1.38 bits per heavy atom. The normalized spacial score (nSPS) is 11.8. The van der Waals surface area contributed by atoms with E-state index in [9.17, 15) is 9.18 Å². The van der Waals surface area contributed by atoms with E-state index in [1.54, 1.807) is 30.5 Å². The minimum Gasteiger partial charge on any atom is -0.486 e. The first-order valence-corrected chi connectivity index (χ1v) is 9.92. The third-order valence-corrected chi connectivity index (χ3v) is 4.93. The van der Waals surface area contributed by atoms with Gasteiger partial charge in [-0.25, -0.2) is 4.39 Å². The number of carbonyl (C=O) groups excluding carboxylic acids is 1. The van der Waals surface area contributed by atoms with Crippen LogP contribution in [-0.2, 0) is 17.9 Å². The first-order valence-electron chi connectivity index (χ1n) is 8.93. The fourth-order valence-corrected chi connectivity index (χ4v) is 3.32. The molecule has 0 radical (unpaired) electrons. The molecule has 3 rings (SSSR count). The van der Waals surface area contributed by atoms with Crippen molar-refractivity contribution in [3.63, 3.8) is 0 Å². The highest BCUT2D eigenvalue weighted by Crippen LogP contribution is 2.20. The Hall–Kier alpha value is -3.07. The molecule has 3 aromatic rings. The van der Waals surface area contributed by atoms with Gasteiger partial charge in [-0.15, -0.1) is 16.8 Å². The van der Waals surface area contributed by atoms with Crippen LogP contribution in [0.1, 0.15) is 24.6 Å². The number of hydrogen-bond donors (Lipinski definition) is 1. The van der Waals surface area contributed by atoms with Crippen LogP contribution < -0.4 is 10.1 Å². The number of amides is 1. The molecule has 2 aromatic heterocycles. The predicted octanol–water partition coefficient (Wildman–Crippen LogP) is 3.74. The van der Waals surface area contributed by atoms with Crippen LogP contribution in [0.3, 0.4) is 0 Å². The summed E-state index contributed by atoms with van der Waals surface area (Å²) in [6.07, 6.45) is 3.29. The van der Waals surface area contributed by atoms with Crippen LogP contribution in [0.15, 0.2) is 64.9 Å². The molecule has 152 valence electrons. The van der Waals surface area contributed by atoms with Gasteiger partial charge in [0.2, 0.25) is 5.91 Å². The van der Waals surface area contributed by atoms with E-state index in [1.807, 2.05) is 17.6 Å². The minimum absolute atomic E-state index is 0.142. The van der Waals surface area contributed by atoms with Crippen LogP contribution in [0.4, 0.5) is 4.39 Å². The Bertz CT molecular complexity index is 941. The molecular formula is C20H21FN4O3S. The second-order valence-electron chi connectivity index (χ2n) is 6.13. The lowest BCUT2D eigenvalue weighted by Gasteiger charge is -2.11. The summed E-state index contributed by atoms with van der Waals surface area (Å²) in [6, 6.07) is 9.12. The van der Waals surface area contributed by atoms with Crippen LogP contribution in [0.5, 0.6) is 5.75 Å². The summed E-state index contributed by atoms with van der Waals surface area (Å²) in [4.78, 5) is 12.2. The van der Waals surface area contributed by atoms with Crippen molar-refractivity contribution in [3.05, 3.63) is 72.7 Å². The number of aromatic nitrogens is 3. The summed E-state index contributed by atoms with van der Waals surface area (Å²) in [5.74, 6) is 1.51. The smallest absolute Gasteiger partial charge is 0.231 e. The van der Waals surface area contributed by atoms with Gasteiger partial charge in [-0.2, -0.15) is 0 Å². The van der Waals surface area contributed by atoms with E-state index in [1.165, 1.54) is 23.9 Å². The fourth-order valence-electron chi connectivity index (χ4n) is 2.55. The molecule has 0 spiro atoms. The summed E-state index contributed by atoms with van der Waals surface area (Å²) in [5, 5.41) is 11.8. The molecule has 1 aromatic carbocycles. The lowest BCUT2D eigenvalue weighted by atomic mass is 10.2. The van der Waals surface area contributed by atoms with E-state index < -0.39 is 0 Å². The van der Waals surface area contributed by atoms with Gasteiger partial charge in [-0.3, -0.25) is 9.36 Å². The fraction of sp³-hybridized carbons (Fsp3) is 0.250. The molecule has 0 aliphatic rings. The molecule has 29 heavy (non-hydrogen) atoms. The van der Waals surface area contributed by atoms with Gasteiger partial charge in [0.25, 0.3) is 0 Å². The lowest BCUT2D eigenvalue weighted by Crippen LogP contribution is -2.28. The van der Waals surface area contributed by atoms with Crippen molar-refractivity contribution in [2.24, 2.45) is 0 Å². The first-order chi connectivity index (χ1) is 14.1. The highest BCUT2D eigenvalue weighted by Gasteiger charge is 2.16. The van der Waals surface area contributed by atoms with Crippen molar-refractivity contribution >= 4 is 17.7 Å². The summed E-state index contributed by atoms with van der Waals surface area (Å²) in [7, 11) is 0. The lowest BCUT2D eigenvalue weighted by molar-refractivity contribution is -0.119. The van der Waals surface area contributed by atoms with Gasteiger partial charge in [-0.05, 0) is 43.3 Å². The van der Waals surface area contributed by atoms with Crippen molar-refractivity contribution in [2.75, 3.05) is 5.75 Å². The van der Waals surface area contributed by atoms with Crippen molar-refractivity contribution in [1.82, 2.24) is 20.1 Å². The maximum absolute atomic E-state index is 13.0. The van der Waals surface area contributed by atoms with Crippen molar-refractivity contribution in [1.29, 1.82) is 0 Å². The summed E-state index contributed by atoms with van der Waals surface area (Å²) in [5.41, 5.74) is 0. The van der Waals surface area contributed by atoms with E-state index in [-0.39, 0.29) is 30.1 Å². The number of thioether (sulfide) groups is 1. The van der Waals surface area contributed by atoms with E-state index in [0.29, 0.717) is 29.0 Å². The van der Waals surface area contributed by atoms with Crippen molar-refractivity contribution in [2.45, 2.75) is 31.3 Å². The van der Waals surface area contributed by atoms with E-state index >= 15 is 0 Å². The predicted molar refractivity (Wildman–Crippen MR) is 107 cm³/mol. The standard InChI is InChI=1S/C20H21FN4O3S/c1-3-10-25-18(12-28-16-8-6-15(21)7-9-16)23-24-20(25)29-13-19(26)22-14(2)17-5-4-11-27-17/h3-9,11,14H,1,10,12-13H2,2H3,(H,22,26)/t14-/m0/s1. The zero-order valence-electron chi connectivity index (χ0n) is 15.9. The molecule has 0 fully saturated rings. The van der Waals surface area contributed by atoms with E-state index in [0.717, 1.165) is 0 Å². The Morgan fingerprint density at radius 2 is 2.17 bits per heavy atom. The highest BCUT2D eigenvalue weighted by atomic mass is 32.2. The Kier molecular flexibility index (Phi) is 7.07. The molecule has 0 saturated carbocycles. The third-order valence-electron chi connectivity index (χ3n) is 3.97. The number of furan rings is 1. The average Bonchev–Trinajstić information content (AvgIpc) is 3.37. The SMILES string of the molecule is C=CCn1c(COc2ccc(F)cc2)nnc1SCC(=O)N[C@@H](C)c1ccco1. The molecule has 7 nitrogen and oxygen atoms in total. The zero-order chi connectivity index (χ0) is 20.6. The summed E-state index contributed by atoms with van der Waals surface area (Å²) < 4.78 is 25.7. The molecular weight excluding hydrogens is 395 g/mol. The second kappa shape index (κ2) is 9.92. The molecule has 9 heteroatoms. The number of allylic oxidation sites excluding steroid dienone is 1. The Labute approximate surface area is 172 Å². The van der Waals surface area contributed by atoms with E-state index in [2.05, 4.69) is 22.1 Å². The topological polar surface area (TPSA) is 82.2 Å². The van der Waals surface area contributed by atoms with Gasteiger partial charge >= 0.3 is 0 Å². The van der Waals surface area contributed by atoms with Gasteiger partial charge in [0, 0.05) is 6.54 Å². The highest BCUT2D eigenvalue weighted by molar-refractivity contribution is 7.99. The number of nitrogens with one attached hydrogen (secondary N) is 1. The van der Waals surface area contributed by atoms with Gasteiger partial charge in [0.05, 0.1) is 18.1 Å². The molecule has 0 bridgehead atoms. The third kappa shape index (κ3) is 5.71. The number of hydrogen-bond acceptors (Lipinski definition) is 6. The first kappa shape index (κ1) is 20.7. The van der Waals surface area contributed by atoms with Crippen LogP contribution >= 0.6 is 11.8 Å². The number of halogens is 1. The van der Waals surface area contributed by atoms with Crippen LogP contribution in [0, 0.1) is 5.82 Å². The molecule has 0 unspecified atom stereocenters. The largest absolute Gasteiger partial charge is 0.486 e. The van der Waals surface area contributed by atoms with Crippen LogP contribution in [0.2, 0.25) is 0 Å². The molecule has 1 amide bonds. The number of carbonyl (C=O) groups is 1. The zero-order valence-corrected chi connectivity index (χ0v) is 16.7. The van der Waals surface area contributed by atoms with Gasteiger partial charge in [0.15, 0.2) is 11.0 Å². The summed E-state index contributed by atoms with van der Waals surface area (Å²) >= 11 is 1.27. The number of nitrogens with zero attached hydrogens (tertiary/aromatic N) is 3. The van der Waals surface area contributed by atoms with Gasteiger partial charge in [0.1, 0.15) is 23.9 Å². The van der Waals surface area contributed by atoms with Crippen LogP contribution in [-0.4, -0.2) is 26.4 Å². The minimum atomic E-state index is -0.328. The van der Waals surface area contributed by atoms with Crippen molar-refractivity contribution < 1.29 is 18.3 Å². The Morgan fingerprint density at radius 3 is 2.86 bits per heavy atom. The molecule has 2 heterocycles. The van der Waals surface area contributed by atoms with Gasteiger partial charge < -0.3 is 14.5 Å². The maximum Gasteiger partial charge on any atom is 0.231 e. The molecule has 0 aliphatic carbocycles. The quantitative estimate of drug-likeness (QED) is 0.400. The molecule has 1 N–H and O–H groups in total. The number of benzene rings is 1. The van der Waals surface area contributed by atoms with E-state index in [4.69, 9.17) is 9.15 Å². The molecule has 0 aliphatic heterocycles. The maximum atomic E-state index is 13.0. The van der Waals surface area contributed by atoms with Crippen molar-refractivity contribution in [3.8, 4) is 5.75 Å².